The Kier molecular flexibility index (Phi) is 5.82. The predicted molar refractivity (Wildman–Crippen MR) is 96.6 cm³/mol. The molecule has 7 heteroatoms. The Morgan fingerprint density at radius 3 is 2.08 bits per heavy atom. The van der Waals surface area contributed by atoms with Crippen molar-refractivity contribution in [2.75, 3.05) is 5.32 Å². The summed E-state index contributed by atoms with van der Waals surface area (Å²) >= 11 is 0. The first-order valence-electron chi connectivity index (χ1n) is 8.09. The van der Waals surface area contributed by atoms with Gasteiger partial charge in [-0.05, 0) is 32.0 Å². The van der Waals surface area contributed by atoms with E-state index in [1.165, 1.54) is 26.8 Å². The fraction of sp³-hybridized carbons (Fsp3) is 0.316. The van der Waals surface area contributed by atoms with Crippen LogP contribution in [-0.4, -0.2) is 23.9 Å². The minimum absolute atomic E-state index is 0.0862. The van der Waals surface area contributed by atoms with E-state index < -0.39 is 11.9 Å². The van der Waals surface area contributed by atoms with Gasteiger partial charge in [-0.25, -0.2) is 0 Å². The number of carbonyl (C=O) groups excluding carboxylic acids is 3. The van der Waals surface area contributed by atoms with Crippen molar-refractivity contribution in [1.29, 1.82) is 0 Å². The second-order valence-corrected chi connectivity index (χ2v) is 6.00. The van der Waals surface area contributed by atoms with Crippen LogP contribution in [0.25, 0.3) is 10.8 Å². The van der Waals surface area contributed by atoms with Crippen molar-refractivity contribution in [3.63, 3.8) is 0 Å². The Balaban J connectivity index is 2.75. The van der Waals surface area contributed by atoms with Crippen molar-refractivity contribution in [2.24, 2.45) is 0 Å². The summed E-state index contributed by atoms with van der Waals surface area (Å²) in [5.74, 6) is -0.677. The largest absolute Gasteiger partial charge is 0.490 e. The molecule has 0 aliphatic carbocycles. The maximum absolute atomic E-state index is 11.5. The van der Waals surface area contributed by atoms with Gasteiger partial charge in [-0.3, -0.25) is 14.4 Å². The fourth-order valence-electron chi connectivity index (χ4n) is 2.45. The molecule has 0 bridgehead atoms. The third-order valence-electron chi connectivity index (χ3n) is 3.20. The second-order valence-electron chi connectivity index (χ2n) is 6.00. The smallest absolute Gasteiger partial charge is 0.308 e. The number of benzene rings is 2. The summed E-state index contributed by atoms with van der Waals surface area (Å²) < 4.78 is 16.3. The first-order valence-corrected chi connectivity index (χ1v) is 8.09. The standard InChI is InChI=1S/C19H21NO6/c1-10(2)24-17-9-18(25-12(4)22)19(26-13(5)23)15-7-6-14(8-16(15)17)20-11(3)21/h6-10H,1-5H3,(H,20,21). The maximum atomic E-state index is 11.5. The topological polar surface area (TPSA) is 90.9 Å². The first-order chi connectivity index (χ1) is 12.2. The number of fused-ring (bicyclic) bond motifs is 1. The van der Waals surface area contributed by atoms with Gasteiger partial charge in [0.05, 0.1) is 6.10 Å². The molecule has 0 heterocycles. The van der Waals surface area contributed by atoms with Crippen LogP contribution in [0.3, 0.4) is 0 Å². The maximum Gasteiger partial charge on any atom is 0.308 e. The van der Waals surface area contributed by atoms with E-state index in [0.717, 1.165) is 0 Å². The highest BCUT2D eigenvalue weighted by Gasteiger charge is 2.20. The van der Waals surface area contributed by atoms with Crippen molar-refractivity contribution in [2.45, 2.75) is 40.7 Å². The van der Waals surface area contributed by atoms with Crippen LogP contribution >= 0.6 is 0 Å². The molecule has 0 saturated carbocycles. The van der Waals surface area contributed by atoms with E-state index in [-0.39, 0.29) is 23.5 Å². The van der Waals surface area contributed by atoms with Gasteiger partial charge in [0.1, 0.15) is 5.75 Å². The normalized spacial score (nSPS) is 10.5. The molecular weight excluding hydrogens is 338 g/mol. The molecule has 0 radical (unpaired) electrons. The molecule has 26 heavy (non-hydrogen) atoms. The van der Waals surface area contributed by atoms with Crippen molar-refractivity contribution in [3.05, 3.63) is 24.3 Å². The Labute approximate surface area is 151 Å². The number of esters is 2. The van der Waals surface area contributed by atoms with Crippen LogP contribution in [0, 0.1) is 0 Å². The van der Waals surface area contributed by atoms with Crippen LogP contribution < -0.4 is 19.5 Å². The monoisotopic (exact) mass is 359 g/mol. The highest BCUT2D eigenvalue weighted by molar-refractivity contribution is 6.01. The van der Waals surface area contributed by atoms with Crippen LogP contribution in [0.1, 0.15) is 34.6 Å². The van der Waals surface area contributed by atoms with Gasteiger partial charge in [0.15, 0.2) is 11.5 Å². The third kappa shape index (κ3) is 4.72. The highest BCUT2D eigenvalue weighted by atomic mass is 16.6. The van der Waals surface area contributed by atoms with E-state index >= 15 is 0 Å². The molecule has 2 aromatic rings. The summed E-state index contributed by atoms with van der Waals surface area (Å²) in [5, 5.41) is 3.82. The molecule has 0 aliphatic heterocycles. The van der Waals surface area contributed by atoms with Crippen molar-refractivity contribution in [1.82, 2.24) is 0 Å². The van der Waals surface area contributed by atoms with Gasteiger partial charge in [0, 0.05) is 43.3 Å². The molecule has 7 nitrogen and oxygen atoms in total. The summed E-state index contributed by atoms with van der Waals surface area (Å²) in [5.41, 5.74) is 0.563. The van der Waals surface area contributed by atoms with E-state index in [2.05, 4.69) is 5.32 Å². The molecule has 0 saturated heterocycles. The molecule has 2 aromatic carbocycles. The van der Waals surface area contributed by atoms with E-state index in [4.69, 9.17) is 14.2 Å². The van der Waals surface area contributed by atoms with Crippen molar-refractivity contribution >= 4 is 34.3 Å². The van der Waals surface area contributed by atoms with Gasteiger partial charge in [0.2, 0.25) is 5.91 Å². The molecule has 0 spiro atoms. The predicted octanol–water partition coefficient (Wildman–Crippen LogP) is 3.44. The number of hydrogen-bond acceptors (Lipinski definition) is 6. The van der Waals surface area contributed by atoms with E-state index in [1.807, 2.05) is 13.8 Å². The number of nitrogens with one attached hydrogen (secondary N) is 1. The number of carbonyl (C=O) groups is 3. The summed E-state index contributed by atoms with van der Waals surface area (Å²) in [4.78, 5) is 34.3. The van der Waals surface area contributed by atoms with Crippen LogP contribution in [-0.2, 0) is 14.4 Å². The Hall–Kier alpha value is -3.09. The lowest BCUT2D eigenvalue weighted by atomic mass is 10.1. The molecular formula is C19H21NO6. The lowest BCUT2D eigenvalue weighted by Crippen LogP contribution is -2.11. The minimum Gasteiger partial charge on any atom is -0.490 e. The Morgan fingerprint density at radius 1 is 0.885 bits per heavy atom. The number of anilines is 1. The van der Waals surface area contributed by atoms with Gasteiger partial charge in [-0.1, -0.05) is 0 Å². The summed E-state index contributed by atoms with van der Waals surface area (Å²) in [6.45, 7) is 7.63. The van der Waals surface area contributed by atoms with Crippen LogP contribution in [0.5, 0.6) is 17.2 Å². The van der Waals surface area contributed by atoms with E-state index in [9.17, 15) is 14.4 Å². The zero-order chi connectivity index (χ0) is 19.4. The van der Waals surface area contributed by atoms with Gasteiger partial charge in [0.25, 0.3) is 0 Å². The van der Waals surface area contributed by atoms with Crippen LogP contribution in [0.4, 0.5) is 5.69 Å². The summed E-state index contributed by atoms with van der Waals surface area (Å²) in [6, 6.07) is 6.53. The second kappa shape index (κ2) is 7.86. The van der Waals surface area contributed by atoms with E-state index in [1.54, 1.807) is 18.2 Å². The zero-order valence-corrected chi connectivity index (χ0v) is 15.3. The molecule has 0 aliphatic rings. The fourth-order valence-corrected chi connectivity index (χ4v) is 2.45. The molecule has 2 rings (SSSR count). The van der Waals surface area contributed by atoms with E-state index in [0.29, 0.717) is 22.2 Å². The average Bonchev–Trinajstić information content (AvgIpc) is 2.49. The number of amides is 1. The molecule has 0 fully saturated rings. The summed E-state index contributed by atoms with van der Waals surface area (Å²) in [6.07, 6.45) is -0.146. The highest BCUT2D eigenvalue weighted by Crippen LogP contribution is 2.43. The lowest BCUT2D eigenvalue weighted by molar-refractivity contribution is -0.134. The SMILES string of the molecule is CC(=O)Nc1ccc2c(OC(C)=O)c(OC(C)=O)cc(OC(C)C)c2c1. The quantitative estimate of drug-likeness (QED) is 0.650. The zero-order valence-electron chi connectivity index (χ0n) is 15.3. The van der Waals surface area contributed by atoms with Gasteiger partial charge >= 0.3 is 11.9 Å². The third-order valence-corrected chi connectivity index (χ3v) is 3.20. The molecule has 0 atom stereocenters. The molecule has 138 valence electrons. The molecule has 1 N–H and O–H groups in total. The lowest BCUT2D eigenvalue weighted by Gasteiger charge is -2.18. The van der Waals surface area contributed by atoms with Gasteiger partial charge in [-0.2, -0.15) is 0 Å². The number of ether oxygens (including phenoxy) is 3. The van der Waals surface area contributed by atoms with Crippen molar-refractivity contribution in [3.8, 4) is 17.2 Å². The Bertz CT molecular complexity index is 872. The van der Waals surface area contributed by atoms with Crippen molar-refractivity contribution < 1.29 is 28.6 Å². The minimum atomic E-state index is -0.553. The molecule has 1 amide bonds. The first kappa shape index (κ1) is 19.2. The summed E-state index contributed by atoms with van der Waals surface area (Å²) in [7, 11) is 0. The number of rotatable bonds is 5. The average molecular weight is 359 g/mol. The molecule has 0 aromatic heterocycles. The van der Waals surface area contributed by atoms with Gasteiger partial charge in [-0.15, -0.1) is 0 Å². The van der Waals surface area contributed by atoms with Crippen LogP contribution in [0.2, 0.25) is 0 Å². The number of hydrogen-bond donors (Lipinski definition) is 1. The van der Waals surface area contributed by atoms with Gasteiger partial charge < -0.3 is 19.5 Å². The molecule has 0 unspecified atom stereocenters. The Morgan fingerprint density at radius 2 is 1.54 bits per heavy atom. The van der Waals surface area contributed by atoms with Crippen LogP contribution in [0.15, 0.2) is 24.3 Å².